The number of nitrogens with zero attached hydrogens (tertiary/aromatic N) is 4. The Bertz CT molecular complexity index is 1300. The molecule has 2 rings (SSSR count). The van der Waals surface area contributed by atoms with Crippen molar-refractivity contribution < 1.29 is 60.7 Å². The minimum absolute atomic E-state index is 0.00306. The molecule has 1 aromatic heterocycles. The summed E-state index contributed by atoms with van der Waals surface area (Å²) in [6, 6.07) is 0. The summed E-state index contributed by atoms with van der Waals surface area (Å²) in [5, 5.41) is 3.26. The van der Waals surface area contributed by atoms with E-state index in [1.165, 1.54) is 6.92 Å². The van der Waals surface area contributed by atoms with E-state index in [0.717, 1.165) is 10.8 Å². The van der Waals surface area contributed by atoms with Gasteiger partial charge >= 0.3 is 35.1 Å². The molecular weight excluding hydrogens is 571 g/mol. The maximum atomic E-state index is 12.2. The average Bonchev–Trinajstić information content (AvgIpc) is 3.12. The number of carbonyl (C=O) groups is 1. The van der Waals surface area contributed by atoms with Gasteiger partial charge in [-0.1, -0.05) is 5.11 Å². The maximum absolute atomic E-state index is 12.2. The van der Waals surface area contributed by atoms with Crippen LogP contribution in [-0.4, -0.2) is 60.5 Å². The quantitative estimate of drug-likeness (QED) is 0.0519. The first-order valence-corrected chi connectivity index (χ1v) is 14.5. The Morgan fingerprint density at radius 3 is 2.54 bits per heavy atom. The summed E-state index contributed by atoms with van der Waals surface area (Å²) in [5.41, 5.74) is 6.86. The van der Waals surface area contributed by atoms with E-state index in [1.54, 1.807) is 0 Å². The molecule has 2 heterocycles. The predicted molar refractivity (Wildman–Crippen MR) is 118 cm³/mol. The molecular formula is C14H22N5O15P3. The van der Waals surface area contributed by atoms with Crippen molar-refractivity contribution in [1.82, 2.24) is 9.55 Å². The summed E-state index contributed by atoms with van der Waals surface area (Å²) in [4.78, 5) is 76.7. The van der Waals surface area contributed by atoms with E-state index >= 15 is 0 Å². The van der Waals surface area contributed by atoms with Gasteiger partial charge in [0.15, 0.2) is 0 Å². The smallest absolute Gasteiger partial charge is 0.459 e. The Kier molecular flexibility index (Phi) is 10.6. The molecule has 0 amide bonds. The van der Waals surface area contributed by atoms with Crippen LogP contribution in [0.15, 0.2) is 20.9 Å². The molecule has 0 radical (unpaired) electrons. The van der Waals surface area contributed by atoms with Gasteiger partial charge in [0.1, 0.15) is 18.4 Å². The molecule has 23 heteroatoms. The van der Waals surface area contributed by atoms with Crippen LogP contribution < -0.4 is 11.2 Å². The fourth-order valence-corrected chi connectivity index (χ4v) is 6.01. The van der Waals surface area contributed by atoms with Crippen LogP contribution in [0.2, 0.25) is 0 Å². The lowest BCUT2D eigenvalue weighted by molar-refractivity contribution is -0.153. The minimum atomic E-state index is -5.77. The maximum Gasteiger partial charge on any atom is 0.490 e. The van der Waals surface area contributed by atoms with Crippen LogP contribution >= 0.6 is 23.5 Å². The number of esters is 1. The fraction of sp³-hybridized carbons (Fsp3) is 0.643. The first kappa shape index (κ1) is 31.1. The minimum Gasteiger partial charge on any atom is -0.459 e. The fourth-order valence-electron chi connectivity index (χ4n) is 2.98. The van der Waals surface area contributed by atoms with Gasteiger partial charge in [0, 0.05) is 36.1 Å². The normalized spacial score (nSPS) is 23.0. The number of phosphoric ester groups is 1. The first-order chi connectivity index (χ1) is 17.0. The van der Waals surface area contributed by atoms with Gasteiger partial charge in [0.25, 0.3) is 5.56 Å². The molecule has 0 spiro atoms. The second kappa shape index (κ2) is 12.6. The molecule has 37 heavy (non-hydrogen) atoms. The highest BCUT2D eigenvalue weighted by Gasteiger charge is 2.44. The van der Waals surface area contributed by atoms with Crippen molar-refractivity contribution >= 4 is 29.4 Å². The van der Waals surface area contributed by atoms with Gasteiger partial charge < -0.3 is 29.0 Å². The second-order valence-corrected chi connectivity index (χ2v) is 11.7. The first-order valence-electron chi connectivity index (χ1n) is 9.98. The van der Waals surface area contributed by atoms with E-state index in [2.05, 4.69) is 23.2 Å². The number of azide groups is 1. The lowest BCUT2D eigenvalue weighted by Gasteiger charge is -2.21. The molecule has 0 bridgehead atoms. The summed E-state index contributed by atoms with van der Waals surface area (Å²) < 4.78 is 57.9. The van der Waals surface area contributed by atoms with E-state index in [0.29, 0.717) is 0 Å². The third-order valence-corrected chi connectivity index (χ3v) is 8.24. The van der Waals surface area contributed by atoms with Gasteiger partial charge in [-0.3, -0.25) is 23.7 Å². The van der Waals surface area contributed by atoms with E-state index in [-0.39, 0.29) is 31.4 Å². The average molecular weight is 593 g/mol. The summed E-state index contributed by atoms with van der Waals surface area (Å²) in [6.07, 6.45) is -2.88. The summed E-state index contributed by atoms with van der Waals surface area (Å²) >= 11 is 0. The zero-order chi connectivity index (χ0) is 28.0. The summed E-state index contributed by atoms with van der Waals surface area (Å²) in [6.45, 7) is 0.447. The summed E-state index contributed by atoms with van der Waals surface area (Å²) in [5.74, 6) is -0.796. The van der Waals surface area contributed by atoms with Crippen molar-refractivity contribution in [2.24, 2.45) is 5.11 Å². The number of aryl methyl sites for hydroxylation is 1. The zero-order valence-corrected chi connectivity index (χ0v) is 21.4. The standard InChI is InChI=1S/C14H22N5O15P3/c1-8-6-19(14(22)17-13(8)21)11-5-9(32-12(20)3-2-4-16-18-15)10(31-11)7-30-36(26,27)34-37(28,29)33-35(23,24)25/h6,9-11H,2-5,7H2,1H3,(H,26,27)(H,28,29)(H,17,21,22)(H2,23,24,25)/t9?,10-,11-/m1/s1. The number of phosphoric acid groups is 3. The molecule has 1 fully saturated rings. The molecule has 0 aromatic carbocycles. The largest absolute Gasteiger partial charge is 0.490 e. The number of rotatable bonds is 13. The van der Waals surface area contributed by atoms with Crippen molar-refractivity contribution in [3.8, 4) is 0 Å². The van der Waals surface area contributed by atoms with Gasteiger partial charge in [-0.2, -0.15) is 8.62 Å². The number of carbonyl (C=O) groups excluding carboxylic acids is 1. The Balaban J connectivity index is 2.18. The van der Waals surface area contributed by atoms with Crippen molar-refractivity contribution in [1.29, 1.82) is 0 Å². The lowest BCUT2D eigenvalue weighted by Crippen LogP contribution is -2.33. The summed E-state index contributed by atoms with van der Waals surface area (Å²) in [7, 11) is -16.9. The third kappa shape index (κ3) is 10.2. The van der Waals surface area contributed by atoms with Gasteiger partial charge in [-0.05, 0) is 18.9 Å². The predicted octanol–water partition coefficient (Wildman–Crippen LogP) is 0.478. The number of H-pyrrole nitrogens is 1. The highest BCUT2D eigenvalue weighted by Crippen LogP contribution is 2.66. The van der Waals surface area contributed by atoms with E-state index in [1.807, 2.05) is 4.98 Å². The Morgan fingerprint density at radius 2 is 1.92 bits per heavy atom. The molecule has 0 aliphatic carbocycles. The van der Waals surface area contributed by atoms with Crippen LogP contribution in [0.25, 0.3) is 10.4 Å². The van der Waals surface area contributed by atoms with Crippen LogP contribution in [0.4, 0.5) is 0 Å². The van der Waals surface area contributed by atoms with Crippen LogP contribution in [-0.2, 0) is 41.1 Å². The van der Waals surface area contributed by atoms with Gasteiger partial charge in [0.05, 0.1) is 6.61 Å². The van der Waals surface area contributed by atoms with E-state index in [9.17, 15) is 37.9 Å². The number of nitrogens with one attached hydrogen (secondary N) is 1. The number of aromatic amines is 1. The van der Waals surface area contributed by atoms with Crippen molar-refractivity contribution in [3.05, 3.63) is 43.0 Å². The van der Waals surface area contributed by atoms with Gasteiger partial charge in [0.2, 0.25) is 0 Å². The molecule has 0 saturated carbocycles. The Hall–Kier alpha value is -2.17. The number of hydrogen-bond donors (Lipinski definition) is 5. The number of hydrogen-bond acceptors (Lipinski definition) is 12. The monoisotopic (exact) mass is 593 g/mol. The van der Waals surface area contributed by atoms with Crippen molar-refractivity contribution in [2.45, 2.75) is 44.6 Å². The van der Waals surface area contributed by atoms with E-state index < -0.39 is 65.7 Å². The topological polar surface area (TPSA) is 299 Å². The third-order valence-electron chi connectivity index (χ3n) is 4.44. The molecule has 1 aromatic rings. The molecule has 1 saturated heterocycles. The molecule has 5 atom stereocenters. The number of aromatic nitrogens is 2. The highest BCUT2D eigenvalue weighted by atomic mass is 31.3. The molecule has 208 valence electrons. The molecule has 1 aliphatic rings. The highest BCUT2D eigenvalue weighted by molar-refractivity contribution is 7.66. The molecule has 1 aliphatic heterocycles. The molecule has 20 nitrogen and oxygen atoms in total. The van der Waals surface area contributed by atoms with Crippen LogP contribution in [0, 0.1) is 6.92 Å². The van der Waals surface area contributed by atoms with E-state index in [4.69, 9.17) is 24.8 Å². The van der Waals surface area contributed by atoms with Crippen LogP contribution in [0.5, 0.6) is 0 Å². The Morgan fingerprint density at radius 1 is 1.24 bits per heavy atom. The molecule has 5 N–H and O–H groups in total. The van der Waals surface area contributed by atoms with Gasteiger partial charge in [-0.15, -0.1) is 0 Å². The zero-order valence-electron chi connectivity index (χ0n) is 18.8. The Labute approximate surface area is 206 Å². The van der Waals surface area contributed by atoms with Crippen molar-refractivity contribution in [3.63, 3.8) is 0 Å². The molecule has 3 unspecified atom stereocenters. The lowest BCUT2D eigenvalue weighted by atomic mass is 10.2. The van der Waals surface area contributed by atoms with Crippen molar-refractivity contribution in [2.75, 3.05) is 13.2 Å². The second-order valence-electron chi connectivity index (χ2n) is 7.32. The SMILES string of the molecule is Cc1cn([C@H]2CC(OC(=O)CCCN=[N+]=[N-])[C@@H](COP(=O)(O)OP(=O)(O)OP(=O)(O)O)O2)c(=O)[nH]c1=O. The number of ether oxygens (including phenoxy) is 2. The van der Waals surface area contributed by atoms with Gasteiger partial charge in [-0.25, -0.2) is 18.5 Å². The van der Waals surface area contributed by atoms with Crippen LogP contribution in [0.3, 0.4) is 0 Å². The van der Waals surface area contributed by atoms with Crippen LogP contribution in [0.1, 0.15) is 31.1 Å².